The molecule has 0 saturated carbocycles. The average Bonchev–Trinajstić information content (AvgIpc) is 3.24. The van der Waals surface area contributed by atoms with Gasteiger partial charge >= 0.3 is 6.09 Å². The lowest BCUT2D eigenvalue weighted by molar-refractivity contribution is 0.0862. The first-order chi connectivity index (χ1) is 13.3. The number of nitrogens with zero attached hydrogens (tertiary/aromatic N) is 1. The minimum Gasteiger partial charge on any atom is -0.445 e. The molecule has 0 N–H and O–H groups in total. The van der Waals surface area contributed by atoms with Crippen molar-refractivity contribution in [1.29, 1.82) is 0 Å². The fraction of sp³-hybridized carbons (Fsp3) is 0.174. The second-order valence-corrected chi connectivity index (χ2v) is 7.28. The number of fused-ring (bicyclic) bond motifs is 1. The molecule has 0 fully saturated rings. The Labute approximate surface area is 163 Å². The lowest BCUT2D eigenvalue weighted by Crippen LogP contribution is -2.39. The van der Waals surface area contributed by atoms with Gasteiger partial charge in [0, 0.05) is 6.54 Å². The summed E-state index contributed by atoms with van der Waals surface area (Å²) in [4.78, 5) is 15.5. The van der Waals surface area contributed by atoms with Crippen molar-refractivity contribution in [2.75, 3.05) is 6.54 Å². The highest BCUT2D eigenvalue weighted by Crippen LogP contribution is 2.30. The van der Waals surface area contributed by atoms with E-state index in [4.69, 9.17) is 4.74 Å². The third-order valence-corrected chi connectivity index (χ3v) is 5.36. The van der Waals surface area contributed by atoms with Crippen LogP contribution in [0.1, 0.15) is 27.6 Å². The van der Waals surface area contributed by atoms with Gasteiger partial charge in [-0.15, -0.1) is 11.3 Å². The summed E-state index contributed by atoms with van der Waals surface area (Å²) in [6.07, 6.45) is 0.493. The van der Waals surface area contributed by atoms with E-state index in [-0.39, 0.29) is 18.7 Å². The third-order valence-electron chi connectivity index (χ3n) is 4.58. The molecule has 27 heavy (non-hydrogen) atoms. The van der Waals surface area contributed by atoms with Crippen molar-refractivity contribution >= 4 is 17.4 Å². The highest BCUT2D eigenvalue weighted by Gasteiger charge is 2.30. The molecular formula is C23H19NO2S. The number of amides is 1. The van der Waals surface area contributed by atoms with Gasteiger partial charge in [0.25, 0.3) is 0 Å². The van der Waals surface area contributed by atoms with E-state index in [1.54, 1.807) is 16.2 Å². The van der Waals surface area contributed by atoms with E-state index >= 15 is 0 Å². The molecule has 0 spiro atoms. The summed E-state index contributed by atoms with van der Waals surface area (Å²) >= 11 is 1.60. The normalized spacial score (nSPS) is 15.4. The van der Waals surface area contributed by atoms with E-state index in [1.807, 2.05) is 60.0 Å². The Morgan fingerprint density at radius 1 is 1.07 bits per heavy atom. The number of hydrogen-bond donors (Lipinski definition) is 0. The molecule has 1 aliphatic rings. The summed E-state index contributed by atoms with van der Waals surface area (Å²) in [5, 5.41) is 2.00. The Hall–Kier alpha value is -3.03. The summed E-state index contributed by atoms with van der Waals surface area (Å²) in [5.41, 5.74) is 3.31. The summed E-state index contributed by atoms with van der Waals surface area (Å²) < 4.78 is 5.57. The smallest absolute Gasteiger partial charge is 0.411 e. The topological polar surface area (TPSA) is 29.5 Å². The fourth-order valence-electron chi connectivity index (χ4n) is 3.21. The molecule has 1 atom stereocenters. The lowest BCUT2D eigenvalue weighted by atomic mass is 9.93. The van der Waals surface area contributed by atoms with E-state index in [0.717, 1.165) is 22.4 Å². The summed E-state index contributed by atoms with van der Waals surface area (Å²) in [7, 11) is 0. The third kappa shape index (κ3) is 4.05. The zero-order chi connectivity index (χ0) is 18.5. The van der Waals surface area contributed by atoms with Crippen molar-refractivity contribution in [3.63, 3.8) is 0 Å². The number of thiophene rings is 1. The van der Waals surface area contributed by atoms with E-state index in [0.29, 0.717) is 6.54 Å². The monoisotopic (exact) mass is 373 g/mol. The molecule has 4 heteroatoms. The highest BCUT2D eigenvalue weighted by atomic mass is 32.1. The van der Waals surface area contributed by atoms with Crippen LogP contribution in [0, 0.1) is 11.8 Å². The second-order valence-electron chi connectivity index (χ2n) is 6.33. The first kappa shape index (κ1) is 17.4. The molecule has 0 radical (unpaired) electrons. The van der Waals surface area contributed by atoms with E-state index in [2.05, 4.69) is 24.0 Å². The van der Waals surface area contributed by atoms with E-state index in [1.165, 1.54) is 5.56 Å². The van der Waals surface area contributed by atoms with Crippen molar-refractivity contribution in [2.45, 2.75) is 19.1 Å². The SMILES string of the molecule is O=C(OCc1ccccc1)N1CCc2ccccc2[C@@H]1C#Cc1cccs1. The quantitative estimate of drug-likeness (QED) is 0.589. The van der Waals surface area contributed by atoms with Gasteiger partial charge in [0.2, 0.25) is 0 Å². The molecule has 2 aromatic carbocycles. The van der Waals surface area contributed by atoms with Crippen LogP contribution in [0.15, 0.2) is 72.1 Å². The minimum absolute atomic E-state index is 0.267. The summed E-state index contributed by atoms with van der Waals surface area (Å²) in [5.74, 6) is 6.51. The van der Waals surface area contributed by atoms with Crippen molar-refractivity contribution in [2.24, 2.45) is 0 Å². The maximum Gasteiger partial charge on any atom is 0.411 e. The first-order valence-corrected chi connectivity index (χ1v) is 9.79. The zero-order valence-corrected chi connectivity index (χ0v) is 15.6. The van der Waals surface area contributed by atoms with Crippen LogP contribution >= 0.6 is 11.3 Å². The number of hydrogen-bond acceptors (Lipinski definition) is 3. The Balaban J connectivity index is 1.57. The minimum atomic E-state index is -0.321. The van der Waals surface area contributed by atoms with Gasteiger partial charge in [-0.2, -0.15) is 0 Å². The summed E-state index contributed by atoms with van der Waals surface area (Å²) in [6, 6.07) is 21.6. The van der Waals surface area contributed by atoms with Crippen LogP contribution in [0.5, 0.6) is 0 Å². The van der Waals surface area contributed by atoms with Gasteiger partial charge in [0.05, 0.1) is 4.88 Å². The van der Waals surface area contributed by atoms with Gasteiger partial charge < -0.3 is 4.74 Å². The van der Waals surface area contributed by atoms with Gasteiger partial charge in [-0.05, 0) is 34.6 Å². The predicted molar refractivity (Wildman–Crippen MR) is 107 cm³/mol. The number of ether oxygens (including phenoxy) is 1. The molecule has 2 heterocycles. The van der Waals surface area contributed by atoms with Crippen molar-refractivity contribution < 1.29 is 9.53 Å². The first-order valence-electron chi connectivity index (χ1n) is 8.91. The molecular weight excluding hydrogens is 354 g/mol. The molecule has 3 nitrogen and oxygen atoms in total. The van der Waals surface area contributed by atoms with Gasteiger partial charge in [0.15, 0.2) is 0 Å². The fourth-order valence-corrected chi connectivity index (χ4v) is 3.79. The second kappa shape index (κ2) is 8.11. The maximum absolute atomic E-state index is 12.8. The number of carbonyl (C=O) groups excluding carboxylic acids is 1. The largest absolute Gasteiger partial charge is 0.445 e. The van der Waals surface area contributed by atoms with Crippen LogP contribution in [0.2, 0.25) is 0 Å². The van der Waals surface area contributed by atoms with Crippen LogP contribution in [-0.4, -0.2) is 17.5 Å². The average molecular weight is 373 g/mol. The maximum atomic E-state index is 12.8. The standard InChI is InChI=1S/C23H19NO2S/c25-23(26-17-18-7-2-1-3-8-18)24-15-14-19-9-4-5-11-21(19)22(24)13-12-20-10-6-16-27-20/h1-11,16,22H,14-15,17H2/t22-/m0/s1. The Kier molecular flexibility index (Phi) is 5.22. The molecule has 1 aromatic heterocycles. The molecule has 1 amide bonds. The molecule has 1 aliphatic heterocycles. The van der Waals surface area contributed by atoms with Crippen LogP contribution in [0.3, 0.4) is 0 Å². The summed E-state index contributed by atoms with van der Waals surface area (Å²) in [6.45, 7) is 0.872. The van der Waals surface area contributed by atoms with Crippen LogP contribution in [0.25, 0.3) is 0 Å². The van der Waals surface area contributed by atoms with E-state index < -0.39 is 0 Å². The molecule has 0 bridgehead atoms. The van der Waals surface area contributed by atoms with Gasteiger partial charge in [-0.25, -0.2) is 4.79 Å². The number of rotatable bonds is 2. The molecule has 0 aliphatic carbocycles. The van der Waals surface area contributed by atoms with Gasteiger partial charge in [0.1, 0.15) is 12.6 Å². The Bertz CT molecular complexity index is 970. The molecule has 0 saturated heterocycles. The number of benzene rings is 2. The number of carbonyl (C=O) groups is 1. The van der Waals surface area contributed by atoms with Crippen LogP contribution in [0.4, 0.5) is 4.79 Å². The predicted octanol–water partition coefficient (Wildman–Crippen LogP) is 5.04. The van der Waals surface area contributed by atoms with Crippen LogP contribution < -0.4 is 0 Å². The van der Waals surface area contributed by atoms with Crippen molar-refractivity contribution in [1.82, 2.24) is 4.90 Å². The Morgan fingerprint density at radius 2 is 1.89 bits per heavy atom. The van der Waals surface area contributed by atoms with Gasteiger partial charge in [-0.3, -0.25) is 4.90 Å². The van der Waals surface area contributed by atoms with Crippen LogP contribution in [-0.2, 0) is 17.8 Å². The highest BCUT2D eigenvalue weighted by molar-refractivity contribution is 7.10. The molecule has 0 unspecified atom stereocenters. The Morgan fingerprint density at radius 3 is 2.70 bits per heavy atom. The zero-order valence-electron chi connectivity index (χ0n) is 14.8. The molecule has 134 valence electrons. The van der Waals surface area contributed by atoms with Crippen molar-refractivity contribution in [3.8, 4) is 11.8 Å². The molecule has 3 aromatic rings. The van der Waals surface area contributed by atoms with Crippen molar-refractivity contribution in [3.05, 3.63) is 93.7 Å². The lowest BCUT2D eigenvalue weighted by Gasteiger charge is -2.33. The molecule has 4 rings (SSSR count). The van der Waals surface area contributed by atoms with Gasteiger partial charge in [-0.1, -0.05) is 72.5 Å². The van der Waals surface area contributed by atoms with E-state index in [9.17, 15) is 4.79 Å².